The molecule has 4 fully saturated rings. The van der Waals surface area contributed by atoms with Gasteiger partial charge in [-0.15, -0.1) is 0 Å². The molecule has 2 aliphatic heterocycles. The van der Waals surface area contributed by atoms with Crippen LogP contribution in [0, 0.1) is 35.0 Å². The third kappa shape index (κ3) is 2.58. The Hall–Kier alpha value is -0.900. The predicted octanol–water partition coefficient (Wildman–Crippen LogP) is 4.46. The van der Waals surface area contributed by atoms with Crippen LogP contribution in [0.25, 0.3) is 0 Å². The van der Waals surface area contributed by atoms with Gasteiger partial charge in [0.2, 0.25) is 0 Å². The van der Waals surface area contributed by atoms with Crippen molar-refractivity contribution in [2.24, 2.45) is 35.0 Å². The van der Waals surface area contributed by atoms with Gasteiger partial charge in [-0.25, -0.2) is 0 Å². The van der Waals surface area contributed by atoms with Gasteiger partial charge < -0.3 is 9.84 Å². The molecular formula is C22H34O4. The molecule has 5 unspecified atom stereocenters. The molecule has 8 atom stereocenters. The lowest BCUT2D eigenvalue weighted by molar-refractivity contribution is -0.213. The number of hydrogen-bond donors (Lipinski definition) is 1. The fourth-order valence-electron chi connectivity index (χ4n) is 7.35. The fraction of sp³-hybridized carbons (Fsp3) is 0.909. The highest BCUT2D eigenvalue weighted by molar-refractivity contribution is 5.90. The van der Waals surface area contributed by atoms with Gasteiger partial charge in [0.15, 0.2) is 5.78 Å². The minimum atomic E-state index is -0.718. The Kier molecular flexibility index (Phi) is 4.49. The van der Waals surface area contributed by atoms with E-state index in [4.69, 9.17) is 4.74 Å². The Morgan fingerprint density at radius 1 is 1.19 bits per heavy atom. The summed E-state index contributed by atoms with van der Waals surface area (Å²) in [5, 5.41) is 9.59. The summed E-state index contributed by atoms with van der Waals surface area (Å²) in [7, 11) is 0. The topological polar surface area (TPSA) is 63.6 Å². The normalized spacial score (nSPS) is 49.5. The average molecular weight is 363 g/mol. The fourth-order valence-corrected chi connectivity index (χ4v) is 7.35. The molecular weight excluding hydrogens is 328 g/mol. The van der Waals surface area contributed by atoms with Crippen molar-refractivity contribution in [2.45, 2.75) is 90.3 Å². The SMILES string of the molecule is CC1CCC2C3CCC([C@H](C)C(=O)O)C3(C)CC(=O)[C@]23CCC[C@H](C1)O3. The first-order valence-electron chi connectivity index (χ1n) is 10.7. The van der Waals surface area contributed by atoms with E-state index in [0.717, 1.165) is 44.9 Å². The molecule has 4 rings (SSSR count). The van der Waals surface area contributed by atoms with Crippen LogP contribution >= 0.6 is 0 Å². The summed E-state index contributed by atoms with van der Waals surface area (Å²) in [6.45, 7) is 6.36. The third-order valence-electron chi connectivity index (χ3n) is 8.66. The summed E-state index contributed by atoms with van der Waals surface area (Å²) in [5.41, 5.74) is -0.738. The molecule has 0 aromatic heterocycles. The molecule has 26 heavy (non-hydrogen) atoms. The maximum Gasteiger partial charge on any atom is 0.306 e. The number of carboxylic acids is 1. The van der Waals surface area contributed by atoms with Crippen molar-refractivity contribution in [1.29, 1.82) is 0 Å². The van der Waals surface area contributed by atoms with E-state index in [1.54, 1.807) is 0 Å². The van der Waals surface area contributed by atoms with E-state index < -0.39 is 11.6 Å². The summed E-state index contributed by atoms with van der Waals surface area (Å²) < 4.78 is 6.63. The molecule has 146 valence electrons. The van der Waals surface area contributed by atoms with Crippen molar-refractivity contribution in [1.82, 2.24) is 0 Å². The van der Waals surface area contributed by atoms with Crippen LogP contribution in [-0.2, 0) is 14.3 Å². The summed E-state index contributed by atoms with van der Waals surface area (Å²) in [6, 6.07) is 0. The summed E-state index contributed by atoms with van der Waals surface area (Å²) in [4.78, 5) is 25.2. The predicted molar refractivity (Wildman–Crippen MR) is 98.7 cm³/mol. The lowest BCUT2D eigenvalue weighted by Gasteiger charge is -2.57. The van der Waals surface area contributed by atoms with Crippen molar-refractivity contribution in [3.05, 3.63) is 0 Å². The van der Waals surface area contributed by atoms with Gasteiger partial charge in [0.05, 0.1) is 12.0 Å². The number of Topliss-reactive ketones (excluding diaryl/α,β-unsaturated/α-hetero) is 1. The lowest BCUT2D eigenvalue weighted by Crippen LogP contribution is -2.62. The average Bonchev–Trinajstić information content (AvgIpc) is 2.90. The summed E-state index contributed by atoms with van der Waals surface area (Å²) >= 11 is 0. The van der Waals surface area contributed by atoms with Gasteiger partial charge in [0.1, 0.15) is 5.60 Å². The van der Waals surface area contributed by atoms with Gasteiger partial charge in [-0.05, 0) is 74.0 Å². The maximum atomic E-state index is 13.5. The molecule has 2 bridgehead atoms. The quantitative estimate of drug-likeness (QED) is 0.788. The van der Waals surface area contributed by atoms with Crippen molar-refractivity contribution >= 4 is 11.8 Å². The van der Waals surface area contributed by atoms with Crippen molar-refractivity contribution in [2.75, 3.05) is 0 Å². The number of ketones is 1. The second-order valence-electron chi connectivity index (χ2n) is 10.1. The van der Waals surface area contributed by atoms with E-state index in [1.165, 1.54) is 6.42 Å². The van der Waals surface area contributed by atoms with Gasteiger partial charge in [0.25, 0.3) is 0 Å². The van der Waals surface area contributed by atoms with E-state index in [1.807, 2.05) is 6.92 Å². The zero-order valence-electron chi connectivity index (χ0n) is 16.5. The molecule has 0 amide bonds. The van der Waals surface area contributed by atoms with Crippen LogP contribution in [0.5, 0.6) is 0 Å². The summed E-state index contributed by atoms with van der Waals surface area (Å²) in [5.74, 6) is 0.652. The Bertz CT molecular complexity index is 601. The minimum absolute atomic E-state index is 0.105. The van der Waals surface area contributed by atoms with E-state index >= 15 is 0 Å². The van der Waals surface area contributed by atoms with Crippen LogP contribution in [0.1, 0.15) is 78.6 Å². The molecule has 4 aliphatic rings. The van der Waals surface area contributed by atoms with Crippen molar-refractivity contribution < 1.29 is 19.4 Å². The Labute approximate surface area is 157 Å². The highest BCUT2D eigenvalue weighted by atomic mass is 16.5. The van der Waals surface area contributed by atoms with Crippen LogP contribution in [0.3, 0.4) is 0 Å². The largest absolute Gasteiger partial charge is 0.481 e. The van der Waals surface area contributed by atoms with Crippen LogP contribution in [0.4, 0.5) is 0 Å². The highest BCUT2D eigenvalue weighted by Crippen LogP contribution is 2.64. The number of carbonyl (C=O) groups is 2. The third-order valence-corrected chi connectivity index (χ3v) is 8.66. The van der Waals surface area contributed by atoms with E-state index in [9.17, 15) is 14.7 Å². The van der Waals surface area contributed by atoms with Crippen LogP contribution < -0.4 is 0 Å². The van der Waals surface area contributed by atoms with Crippen molar-refractivity contribution in [3.8, 4) is 0 Å². The van der Waals surface area contributed by atoms with E-state index in [-0.39, 0.29) is 35.1 Å². The first-order valence-corrected chi connectivity index (χ1v) is 10.7. The number of aliphatic carboxylic acids is 1. The number of carbonyl (C=O) groups excluding carboxylic acids is 1. The zero-order chi connectivity index (χ0) is 18.7. The number of ether oxygens (including phenoxy) is 1. The first kappa shape index (κ1) is 18.5. The molecule has 4 heteroatoms. The molecule has 4 nitrogen and oxygen atoms in total. The van der Waals surface area contributed by atoms with Gasteiger partial charge in [-0.2, -0.15) is 0 Å². The minimum Gasteiger partial charge on any atom is -0.481 e. The highest BCUT2D eigenvalue weighted by Gasteiger charge is 2.65. The van der Waals surface area contributed by atoms with E-state index in [0.29, 0.717) is 18.3 Å². The Morgan fingerprint density at radius 3 is 2.65 bits per heavy atom. The molecule has 0 aromatic carbocycles. The molecule has 1 N–H and O–H groups in total. The van der Waals surface area contributed by atoms with Crippen molar-refractivity contribution in [3.63, 3.8) is 0 Å². The first-order chi connectivity index (χ1) is 12.3. The van der Waals surface area contributed by atoms with Gasteiger partial charge >= 0.3 is 5.97 Å². The molecule has 0 radical (unpaired) electrons. The molecule has 2 heterocycles. The molecule has 2 saturated heterocycles. The lowest BCUT2D eigenvalue weighted by atomic mass is 9.52. The molecule has 2 saturated carbocycles. The standard InChI is InChI=1S/C22H34O4/c1-13-6-7-18-17-9-8-16(14(2)20(24)25)21(17,3)12-19(23)22(18)10-4-5-15(11-13)26-22/h13-18H,4-12H2,1-3H3,(H,24,25)/t13?,14-,15+,16?,17?,18?,21?,22-/m0/s1. The number of rotatable bonds is 2. The van der Waals surface area contributed by atoms with E-state index in [2.05, 4.69) is 13.8 Å². The van der Waals surface area contributed by atoms with Crippen LogP contribution in [-0.4, -0.2) is 28.6 Å². The zero-order valence-corrected chi connectivity index (χ0v) is 16.5. The summed E-state index contributed by atoms with van der Waals surface area (Å²) in [6.07, 6.45) is 9.14. The molecule has 1 spiro atoms. The number of carboxylic acid groups (broad SMARTS) is 1. The Morgan fingerprint density at radius 2 is 1.92 bits per heavy atom. The van der Waals surface area contributed by atoms with Crippen LogP contribution in [0.15, 0.2) is 0 Å². The molecule has 0 aromatic rings. The number of hydrogen-bond acceptors (Lipinski definition) is 3. The second-order valence-corrected chi connectivity index (χ2v) is 10.1. The number of fused-ring (bicyclic) bond motifs is 3. The maximum absolute atomic E-state index is 13.5. The van der Waals surface area contributed by atoms with Gasteiger partial charge in [-0.1, -0.05) is 27.2 Å². The molecule has 2 aliphatic carbocycles. The Balaban J connectivity index is 1.71. The smallest absolute Gasteiger partial charge is 0.306 e. The van der Waals surface area contributed by atoms with Crippen LogP contribution in [0.2, 0.25) is 0 Å². The van der Waals surface area contributed by atoms with Gasteiger partial charge in [-0.3, -0.25) is 9.59 Å². The second kappa shape index (κ2) is 6.32. The van der Waals surface area contributed by atoms with Gasteiger partial charge in [0, 0.05) is 6.42 Å². The monoisotopic (exact) mass is 362 g/mol.